The zero-order valence-electron chi connectivity index (χ0n) is 16.5. The second-order valence-corrected chi connectivity index (χ2v) is 7.45. The highest BCUT2D eigenvalue weighted by Gasteiger charge is 2.42. The molecule has 5 heteroatoms. The molecular formula is C24H22N2O3. The Morgan fingerprint density at radius 2 is 1.79 bits per heavy atom. The van der Waals surface area contributed by atoms with Gasteiger partial charge in [-0.15, -0.1) is 0 Å². The van der Waals surface area contributed by atoms with E-state index in [-0.39, 0.29) is 11.4 Å². The molecule has 1 atom stereocenters. The topological polar surface area (TPSA) is 51.5 Å². The van der Waals surface area contributed by atoms with Gasteiger partial charge in [0.05, 0.1) is 29.2 Å². The van der Waals surface area contributed by atoms with Crippen LogP contribution in [0, 0.1) is 0 Å². The molecule has 0 spiro atoms. The molecule has 29 heavy (non-hydrogen) atoms. The van der Waals surface area contributed by atoms with Crippen molar-refractivity contribution in [1.82, 2.24) is 4.57 Å². The second kappa shape index (κ2) is 6.62. The maximum atomic E-state index is 13.7. The molecule has 0 bridgehead atoms. The van der Waals surface area contributed by atoms with E-state index in [1.807, 2.05) is 61.5 Å². The first-order valence-electron chi connectivity index (χ1n) is 9.99. The van der Waals surface area contributed by atoms with Gasteiger partial charge in [-0.2, -0.15) is 0 Å². The van der Waals surface area contributed by atoms with Crippen molar-refractivity contribution >= 4 is 22.7 Å². The van der Waals surface area contributed by atoms with Crippen LogP contribution < -0.4 is 10.3 Å². The predicted octanol–water partition coefficient (Wildman–Crippen LogP) is 3.80. The van der Waals surface area contributed by atoms with Crippen molar-refractivity contribution in [2.45, 2.75) is 26.3 Å². The first-order valence-corrected chi connectivity index (χ1v) is 9.99. The number of rotatable bonds is 3. The summed E-state index contributed by atoms with van der Waals surface area (Å²) in [4.78, 5) is 28.8. The number of hydrogen-bond donors (Lipinski definition) is 0. The highest BCUT2D eigenvalue weighted by molar-refractivity contribution is 5.96. The molecule has 0 saturated carbocycles. The maximum absolute atomic E-state index is 13.7. The third-order valence-corrected chi connectivity index (χ3v) is 5.98. The monoisotopic (exact) mass is 386 g/mol. The van der Waals surface area contributed by atoms with Crippen LogP contribution in [0.4, 0.5) is 5.82 Å². The average Bonchev–Trinajstić information content (AvgIpc) is 3.19. The van der Waals surface area contributed by atoms with Crippen LogP contribution in [-0.2, 0) is 16.1 Å². The van der Waals surface area contributed by atoms with Crippen LogP contribution in [0.25, 0.3) is 10.9 Å². The fourth-order valence-corrected chi connectivity index (χ4v) is 4.77. The summed E-state index contributed by atoms with van der Waals surface area (Å²) in [6.45, 7) is 5.57. The number of pyridine rings is 1. The molecular weight excluding hydrogens is 364 g/mol. The lowest BCUT2D eigenvalue weighted by molar-refractivity contribution is -0.138. The number of allylic oxidation sites excluding steroid dienone is 1. The highest BCUT2D eigenvalue weighted by Crippen LogP contribution is 2.46. The van der Waals surface area contributed by atoms with Crippen LogP contribution in [-0.4, -0.2) is 23.7 Å². The third-order valence-electron chi connectivity index (χ3n) is 5.98. The summed E-state index contributed by atoms with van der Waals surface area (Å²) >= 11 is 0. The van der Waals surface area contributed by atoms with Crippen LogP contribution in [0.5, 0.6) is 0 Å². The van der Waals surface area contributed by atoms with Crippen molar-refractivity contribution in [3.05, 3.63) is 87.2 Å². The van der Waals surface area contributed by atoms with Gasteiger partial charge in [0.25, 0.3) is 0 Å². The maximum Gasteiger partial charge on any atom is 0.336 e. The van der Waals surface area contributed by atoms with E-state index < -0.39 is 5.92 Å². The SMILES string of the molecule is CCOC(=O)C1=C(C)N2CCn3c2c(c(=O)c2ccccc23)C1c1ccccc1. The minimum atomic E-state index is -0.442. The van der Waals surface area contributed by atoms with Crippen molar-refractivity contribution in [3.8, 4) is 0 Å². The quantitative estimate of drug-likeness (QED) is 0.643. The fourth-order valence-electron chi connectivity index (χ4n) is 4.77. The standard InChI is InChI=1S/C24H22N2O3/c1-3-29-24(28)19-15(2)25-13-14-26-18-12-8-7-11-17(18)22(27)21(23(25)26)20(19)16-9-5-4-6-10-16/h4-12,20H,3,13-14H2,1-2H3. The van der Waals surface area contributed by atoms with Gasteiger partial charge >= 0.3 is 5.97 Å². The van der Waals surface area contributed by atoms with Crippen LogP contribution in [0.15, 0.2) is 70.7 Å². The van der Waals surface area contributed by atoms with E-state index >= 15 is 0 Å². The van der Waals surface area contributed by atoms with Crippen LogP contribution >= 0.6 is 0 Å². The van der Waals surface area contributed by atoms with Gasteiger partial charge in [-0.25, -0.2) is 4.79 Å². The third kappa shape index (κ3) is 2.47. The van der Waals surface area contributed by atoms with Gasteiger partial charge in [-0.1, -0.05) is 42.5 Å². The first kappa shape index (κ1) is 17.7. The number of carbonyl (C=O) groups is 1. The Labute approximate surface area is 168 Å². The van der Waals surface area contributed by atoms with Gasteiger partial charge in [0.2, 0.25) is 0 Å². The molecule has 1 aromatic heterocycles. The van der Waals surface area contributed by atoms with Crippen molar-refractivity contribution in [2.24, 2.45) is 0 Å². The van der Waals surface area contributed by atoms with Crippen molar-refractivity contribution in [1.29, 1.82) is 0 Å². The Hall–Kier alpha value is -3.34. The van der Waals surface area contributed by atoms with Crippen LogP contribution in [0.3, 0.4) is 0 Å². The molecule has 1 unspecified atom stereocenters. The fraction of sp³-hybridized carbons (Fsp3) is 0.250. The Bertz CT molecular complexity index is 1220. The summed E-state index contributed by atoms with van der Waals surface area (Å²) in [6.07, 6.45) is 0. The smallest absolute Gasteiger partial charge is 0.336 e. The second-order valence-electron chi connectivity index (χ2n) is 7.45. The molecule has 0 radical (unpaired) electrons. The van der Waals surface area contributed by atoms with Gasteiger partial charge < -0.3 is 14.2 Å². The predicted molar refractivity (Wildman–Crippen MR) is 113 cm³/mol. The van der Waals surface area contributed by atoms with E-state index in [9.17, 15) is 9.59 Å². The van der Waals surface area contributed by atoms with Gasteiger partial charge in [-0.3, -0.25) is 4.79 Å². The molecule has 2 aliphatic rings. The van der Waals surface area contributed by atoms with E-state index in [1.165, 1.54) is 0 Å². The molecule has 2 aromatic carbocycles. The number of fused-ring (bicyclic) bond motifs is 2. The van der Waals surface area contributed by atoms with E-state index in [0.717, 1.165) is 35.7 Å². The average molecular weight is 386 g/mol. The molecule has 2 aliphatic heterocycles. The summed E-state index contributed by atoms with van der Waals surface area (Å²) in [5, 5.41) is 0.691. The highest BCUT2D eigenvalue weighted by atomic mass is 16.5. The van der Waals surface area contributed by atoms with Crippen molar-refractivity contribution in [3.63, 3.8) is 0 Å². The van der Waals surface area contributed by atoms with Gasteiger partial charge in [0.15, 0.2) is 5.43 Å². The van der Waals surface area contributed by atoms with Gasteiger partial charge in [0, 0.05) is 24.2 Å². The largest absolute Gasteiger partial charge is 0.463 e. The molecule has 3 aromatic rings. The van der Waals surface area contributed by atoms with Crippen LogP contribution in [0.1, 0.15) is 30.9 Å². The molecule has 0 saturated heterocycles. The lowest BCUT2D eigenvalue weighted by Crippen LogP contribution is -2.35. The number of anilines is 1. The van der Waals surface area contributed by atoms with Crippen LogP contribution in [0.2, 0.25) is 0 Å². The Balaban J connectivity index is 1.89. The summed E-state index contributed by atoms with van der Waals surface area (Å²) in [5.74, 6) is 0.117. The van der Waals surface area contributed by atoms with Crippen molar-refractivity contribution in [2.75, 3.05) is 18.1 Å². The molecule has 0 N–H and O–H groups in total. The molecule has 5 nitrogen and oxygen atoms in total. The minimum absolute atomic E-state index is 0.0121. The number of esters is 1. The van der Waals surface area contributed by atoms with Crippen molar-refractivity contribution < 1.29 is 9.53 Å². The number of aromatic nitrogens is 1. The van der Waals surface area contributed by atoms with E-state index in [4.69, 9.17) is 4.74 Å². The zero-order valence-corrected chi connectivity index (χ0v) is 16.5. The summed E-state index contributed by atoms with van der Waals surface area (Å²) in [5.41, 5.74) is 3.95. The Kier molecular flexibility index (Phi) is 4.05. The molecule has 5 rings (SSSR count). The number of hydrogen-bond acceptors (Lipinski definition) is 4. The molecule has 0 fully saturated rings. The zero-order chi connectivity index (χ0) is 20.1. The Morgan fingerprint density at radius 1 is 1.07 bits per heavy atom. The molecule has 146 valence electrons. The first-order chi connectivity index (χ1) is 14.1. The number of nitrogens with zero attached hydrogens (tertiary/aromatic N) is 2. The molecule has 0 amide bonds. The number of benzene rings is 2. The lowest BCUT2D eigenvalue weighted by atomic mass is 9.80. The number of ether oxygens (including phenoxy) is 1. The van der Waals surface area contributed by atoms with Gasteiger partial charge in [0.1, 0.15) is 5.82 Å². The Morgan fingerprint density at radius 3 is 2.55 bits per heavy atom. The van der Waals surface area contributed by atoms with Gasteiger partial charge in [-0.05, 0) is 31.5 Å². The normalized spacial score (nSPS) is 17.6. The lowest BCUT2D eigenvalue weighted by Gasteiger charge is -2.34. The summed E-state index contributed by atoms with van der Waals surface area (Å²) in [7, 11) is 0. The van der Waals surface area contributed by atoms with E-state index in [1.54, 1.807) is 6.92 Å². The molecule has 0 aliphatic carbocycles. The van der Waals surface area contributed by atoms with E-state index in [0.29, 0.717) is 23.1 Å². The molecule has 3 heterocycles. The minimum Gasteiger partial charge on any atom is -0.463 e. The summed E-state index contributed by atoms with van der Waals surface area (Å²) in [6, 6.07) is 17.5. The summed E-state index contributed by atoms with van der Waals surface area (Å²) < 4.78 is 7.64. The number of para-hydroxylation sites is 1. The number of carbonyl (C=O) groups excluding carboxylic acids is 1. The van der Waals surface area contributed by atoms with E-state index in [2.05, 4.69) is 9.47 Å².